The van der Waals surface area contributed by atoms with E-state index in [1.807, 2.05) is 0 Å². The van der Waals surface area contributed by atoms with Gasteiger partial charge in [0, 0.05) is 5.02 Å². The van der Waals surface area contributed by atoms with E-state index in [0.717, 1.165) is 0 Å². The van der Waals surface area contributed by atoms with E-state index in [-0.39, 0.29) is 0 Å². The second-order valence-electron chi connectivity index (χ2n) is 3.58. The van der Waals surface area contributed by atoms with Gasteiger partial charge in [0.05, 0.1) is 11.8 Å². The number of nitrogens with zero attached hydrogens (tertiary/aromatic N) is 1. The van der Waals surface area contributed by atoms with Crippen LogP contribution in [0.2, 0.25) is 5.02 Å². The molecule has 0 aliphatic heterocycles. The first kappa shape index (κ1) is 12.4. The Morgan fingerprint density at radius 2 is 2.33 bits per heavy atom. The number of oxazole rings is 1. The van der Waals surface area contributed by atoms with Crippen LogP contribution in [0.4, 0.5) is 0 Å². The summed E-state index contributed by atoms with van der Waals surface area (Å²) >= 11 is 5.89. The van der Waals surface area contributed by atoms with Gasteiger partial charge in [0.25, 0.3) is 0 Å². The molecule has 6 heteroatoms. The number of hydrogen-bond acceptors (Lipinski definition) is 4. The third-order valence-corrected chi connectivity index (χ3v) is 2.49. The van der Waals surface area contributed by atoms with Crippen LogP contribution in [0.5, 0.6) is 5.75 Å². The molecule has 0 fully saturated rings. The van der Waals surface area contributed by atoms with E-state index in [9.17, 15) is 4.79 Å². The number of halogens is 1. The monoisotopic (exact) mass is 267 g/mol. The van der Waals surface area contributed by atoms with Gasteiger partial charge in [0.15, 0.2) is 6.10 Å². The van der Waals surface area contributed by atoms with Crippen LogP contribution in [-0.2, 0) is 4.79 Å². The van der Waals surface area contributed by atoms with Crippen LogP contribution in [0.25, 0.3) is 11.5 Å². The average molecular weight is 268 g/mol. The Labute approximate surface area is 108 Å². The summed E-state index contributed by atoms with van der Waals surface area (Å²) in [6.07, 6.45) is 1.93. The molecule has 0 saturated carbocycles. The highest BCUT2D eigenvalue weighted by molar-refractivity contribution is 6.30. The van der Waals surface area contributed by atoms with Crippen LogP contribution >= 0.6 is 11.6 Å². The largest absolute Gasteiger partial charge is 0.479 e. The van der Waals surface area contributed by atoms with Gasteiger partial charge in [0.1, 0.15) is 12.0 Å². The minimum atomic E-state index is -1.05. The van der Waals surface area contributed by atoms with Gasteiger partial charge >= 0.3 is 5.97 Å². The second kappa shape index (κ2) is 5.10. The highest BCUT2D eigenvalue weighted by Crippen LogP contribution is 2.32. The Balaban J connectivity index is 2.38. The van der Waals surface area contributed by atoms with Crippen molar-refractivity contribution in [3.63, 3.8) is 0 Å². The first-order valence-corrected chi connectivity index (χ1v) is 5.54. The molecule has 0 saturated heterocycles. The molecule has 5 nitrogen and oxygen atoms in total. The zero-order valence-electron chi connectivity index (χ0n) is 9.46. The van der Waals surface area contributed by atoms with Gasteiger partial charge in [-0.15, -0.1) is 0 Å². The van der Waals surface area contributed by atoms with Crippen molar-refractivity contribution in [2.45, 2.75) is 13.0 Å². The van der Waals surface area contributed by atoms with E-state index in [1.165, 1.54) is 19.4 Å². The fraction of sp³-hybridized carbons (Fsp3) is 0.167. The van der Waals surface area contributed by atoms with Crippen molar-refractivity contribution >= 4 is 17.6 Å². The lowest BCUT2D eigenvalue weighted by atomic mass is 10.2. The van der Waals surface area contributed by atoms with Crippen LogP contribution in [0.1, 0.15) is 6.92 Å². The summed E-state index contributed by atoms with van der Waals surface area (Å²) in [5.41, 5.74) is 0.514. The van der Waals surface area contributed by atoms with Crippen molar-refractivity contribution in [3.8, 4) is 17.2 Å². The summed E-state index contributed by atoms with van der Waals surface area (Å²) in [5.74, 6) is -0.370. The summed E-state index contributed by atoms with van der Waals surface area (Å²) in [6.45, 7) is 1.44. The van der Waals surface area contributed by atoms with E-state index in [0.29, 0.717) is 22.2 Å². The maximum atomic E-state index is 10.8. The molecule has 0 unspecified atom stereocenters. The quantitative estimate of drug-likeness (QED) is 0.922. The third kappa shape index (κ3) is 2.62. The second-order valence-corrected chi connectivity index (χ2v) is 4.01. The molecule has 0 aliphatic rings. The molecule has 1 aromatic carbocycles. The lowest BCUT2D eigenvalue weighted by Gasteiger charge is -2.13. The van der Waals surface area contributed by atoms with Gasteiger partial charge in [-0.2, -0.15) is 0 Å². The molecule has 0 bridgehead atoms. The molecule has 2 rings (SSSR count). The molecule has 1 N–H and O–H groups in total. The van der Waals surface area contributed by atoms with Gasteiger partial charge in [-0.3, -0.25) is 0 Å². The first-order valence-electron chi connectivity index (χ1n) is 5.17. The molecule has 0 amide bonds. The maximum absolute atomic E-state index is 10.8. The van der Waals surface area contributed by atoms with Gasteiger partial charge < -0.3 is 14.3 Å². The molecule has 1 aromatic heterocycles. The summed E-state index contributed by atoms with van der Waals surface area (Å²) in [6, 6.07) is 4.80. The number of aromatic nitrogens is 1. The SMILES string of the molecule is C[C@H](Oc1ccc(Cl)cc1-c1ncco1)C(=O)O. The summed E-state index contributed by atoms with van der Waals surface area (Å²) in [7, 11) is 0. The van der Waals surface area contributed by atoms with E-state index in [2.05, 4.69) is 4.98 Å². The Hall–Kier alpha value is -2.01. The number of benzene rings is 1. The zero-order chi connectivity index (χ0) is 13.1. The number of carboxylic acids is 1. The molecule has 0 aliphatic carbocycles. The standard InChI is InChI=1S/C12H10ClNO4/c1-7(12(15)16)18-10-3-2-8(13)6-9(10)11-14-4-5-17-11/h2-7H,1H3,(H,15,16)/t7-/m0/s1. The minimum Gasteiger partial charge on any atom is -0.479 e. The van der Waals surface area contributed by atoms with Crippen LogP contribution in [0, 0.1) is 0 Å². The predicted octanol–water partition coefficient (Wildman–Crippen LogP) is 2.85. The van der Waals surface area contributed by atoms with Crippen LogP contribution in [0.3, 0.4) is 0 Å². The van der Waals surface area contributed by atoms with Gasteiger partial charge in [-0.25, -0.2) is 9.78 Å². The molecule has 2 aromatic rings. The first-order chi connectivity index (χ1) is 8.58. The summed E-state index contributed by atoms with van der Waals surface area (Å²) in [5, 5.41) is 9.31. The topological polar surface area (TPSA) is 72.6 Å². The Kier molecular flexibility index (Phi) is 3.53. The summed E-state index contributed by atoms with van der Waals surface area (Å²) in [4.78, 5) is 14.8. The van der Waals surface area contributed by atoms with Crippen molar-refractivity contribution in [3.05, 3.63) is 35.7 Å². The van der Waals surface area contributed by atoms with Crippen molar-refractivity contribution in [1.29, 1.82) is 0 Å². The minimum absolute atomic E-state index is 0.324. The smallest absolute Gasteiger partial charge is 0.344 e. The van der Waals surface area contributed by atoms with Gasteiger partial charge in [-0.05, 0) is 25.1 Å². The van der Waals surface area contributed by atoms with Crippen molar-refractivity contribution in [2.24, 2.45) is 0 Å². The molecular formula is C12H10ClNO4. The van der Waals surface area contributed by atoms with Crippen molar-refractivity contribution in [2.75, 3.05) is 0 Å². The Bertz CT molecular complexity index is 553. The molecular weight excluding hydrogens is 258 g/mol. The van der Waals surface area contributed by atoms with Crippen LogP contribution in [0.15, 0.2) is 35.1 Å². The predicted molar refractivity (Wildman–Crippen MR) is 64.7 cm³/mol. The Morgan fingerprint density at radius 1 is 1.56 bits per heavy atom. The van der Waals surface area contributed by atoms with E-state index < -0.39 is 12.1 Å². The van der Waals surface area contributed by atoms with E-state index >= 15 is 0 Å². The highest BCUT2D eigenvalue weighted by Gasteiger charge is 2.17. The zero-order valence-corrected chi connectivity index (χ0v) is 10.2. The fourth-order valence-electron chi connectivity index (χ4n) is 1.37. The van der Waals surface area contributed by atoms with E-state index in [1.54, 1.807) is 18.2 Å². The molecule has 18 heavy (non-hydrogen) atoms. The van der Waals surface area contributed by atoms with E-state index in [4.69, 9.17) is 25.9 Å². The van der Waals surface area contributed by atoms with Gasteiger partial charge in [0.2, 0.25) is 5.89 Å². The molecule has 1 heterocycles. The molecule has 0 spiro atoms. The Morgan fingerprint density at radius 3 is 2.94 bits per heavy atom. The number of carboxylic acid groups (broad SMARTS) is 1. The van der Waals surface area contributed by atoms with Crippen LogP contribution in [-0.4, -0.2) is 22.2 Å². The highest BCUT2D eigenvalue weighted by atomic mass is 35.5. The number of aliphatic carboxylic acids is 1. The summed E-state index contributed by atoms with van der Waals surface area (Å²) < 4.78 is 10.5. The molecule has 94 valence electrons. The number of rotatable bonds is 4. The van der Waals surface area contributed by atoms with Crippen LogP contribution < -0.4 is 4.74 Å². The molecule has 1 atom stereocenters. The molecule has 0 radical (unpaired) electrons. The fourth-order valence-corrected chi connectivity index (χ4v) is 1.54. The number of carbonyl (C=O) groups is 1. The third-order valence-electron chi connectivity index (χ3n) is 2.26. The number of ether oxygens (including phenoxy) is 1. The van der Waals surface area contributed by atoms with Crippen molar-refractivity contribution in [1.82, 2.24) is 4.98 Å². The lowest BCUT2D eigenvalue weighted by molar-refractivity contribution is -0.144. The van der Waals surface area contributed by atoms with Crippen molar-refractivity contribution < 1.29 is 19.1 Å². The normalized spacial score (nSPS) is 12.1. The van der Waals surface area contributed by atoms with Gasteiger partial charge in [-0.1, -0.05) is 11.6 Å². The lowest BCUT2D eigenvalue weighted by Crippen LogP contribution is -2.23. The average Bonchev–Trinajstić information content (AvgIpc) is 2.84. The maximum Gasteiger partial charge on any atom is 0.344 e. The number of hydrogen-bond donors (Lipinski definition) is 1.